The molecule has 1 aromatic heterocycles. The highest BCUT2D eigenvalue weighted by atomic mass is 16.4. The number of aliphatic hydroxyl groups is 1. The molecule has 0 aliphatic carbocycles. The third-order valence-corrected chi connectivity index (χ3v) is 4.41. The minimum absolute atomic E-state index is 0.198. The Morgan fingerprint density at radius 2 is 1.92 bits per heavy atom. The first-order valence-electron chi connectivity index (χ1n) is 8.17. The first kappa shape index (κ1) is 17.2. The second kappa shape index (κ2) is 7.50. The Labute approximate surface area is 145 Å². The summed E-state index contributed by atoms with van der Waals surface area (Å²) in [6.07, 6.45) is 0.969. The van der Waals surface area contributed by atoms with E-state index in [9.17, 15) is 15.0 Å². The molecule has 1 atom stereocenters. The van der Waals surface area contributed by atoms with E-state index >= 15 is 0 Å². The number of pyridine rings is 1. The average Bonchev–Trinajstić information content (AvgIpc) is 2.63. The van der Waals surface area contributed by atoms with Gasteiger partial charge in [0.25, 0.3) is 0 Å². The number of nitrogens with zero attached hydrogens (tertiary/aromatic N) is 3. The maximum Gasteiger partial charge on any atom is 0.339 e. The molecule has 132 valence electrons. The lowest BCUT2D eigenvalue weighted by molar-refractivity contribution is 0.0693. The van der Waals surface area contributed by atoms with Crippen molar-refractivity contribution in [1.29, 1.82) is 0 Å². The highest BCUT2D eigenvalue weighted by Gasteiger charge is 2.21. The smallest absolute Gasteiger partial charge is 0.339 e. The van der Waals surface area contributed by atoms with Crippen molar-refractivity contribution in [1.82, 2.24) is 9.88 Å². The molecular formula is C18H21N3O4. The van der Waals surface area contributed by atoms with Gasteiger partial charge in [0.1, 0.15) is 17.1 Å². The van der Waals surface area contributed by atoms with Gasteiger partial charge in [-0.2, -0.15) is 0 Å². The molecule has 0 spiro atoms. The summed E-state index contributed by atoms with van der Waals surface area (Å²) in [4.78, 5) is 19.8. The summed E-state index contributed by atoms with van der Waals surface area (Å²) in [6.45, 7) is 3.63. The number of aromatic carboxylic acids is 1. The van der Waals surface area contributed by atoms with Gasteiger partial charge in [-0.3, -0.25) is 4.90 Å². The molecule has 0 radical (unpaired) electrons. The van der Waals surface area contributed by atoms with Crippen LogP contribution in [0.4, 0.5) is 5.82 Å². The molecule has 7 heteroatoms. The minimum atomic E-state index is -1.21. The Morgan fingerprint density at radius 1 is 1.16 bits per heavy atom. The molecule has 1 aromatic carbocycles. The van der Waals surface area contributed by atoms with Gasteiger partial charge in [-0.25, -0.2) is 9.78 Å². The van der Waals surface area contributed by atoms with Gasteiger partial charge in [0.2, 0.25) is 0 Å². The number of carboxylic acids is 1. The molecule has 2 aromatic rings. The number of aliphatic hydroxyl groups excluding tert-OH is 1. The summed E-state index contributed by atoms with van der Waals surface area (Å²) in [5.41, 5.74) is 0.291. The van der Waals surface area contributed by atoms with Gasteiger partial charge in [-0.05, 0) is 29.8 Å². The van der Waals surface area contributed by atoms with E-state index in [0.717, 1.165) is 32.0 Å². The number of hydrogen-bond acceptors (Lipinski definition) is 6. The lowest BCUT2D eigenvalue weighted by Gasteiger charge is -2.36. The van der Waals surface area contributed by atoms with Crippen LogP contribution in [-0.4, -0.2) is 63.9 Å². The normalized spacial score (nSPS) is 16.6. The topological polar surface area (TPSA) is 97.1 Å². The number of β-amino-alcohol motifs (C(OH)–C–C–N with tert-alkyl or cyclic N) is 1. The number of aromatic hydroxyl groups is 1. The zero-order valence-electron chi connectivity index (χ0n) is 13.7. The van der Waals surface area contributed by atoms with Crippen LogP contribution < -0.4 is 4.90 Å². The molecule has 1 saturated heterocycles. The fourth-order valence-corrected chi connectivity index (χ4v) is 2.98. The van der Waals surface area contributed by atoms with Crippen LogP contribution >= 0.6 is 0 Å². The molecule has 1 unspecified atom stereocenters. The fraction of sp³-hybridized carbons (Fsp3) is 0.333. The summed E-state index contributed by atoms with van der Waals surface area (Å²) < 4.78 is 0. The monoisotopic (exact) mass is 343 g/mol. The lowest BCUT2D eigenvalue weighted by Crippen LogP contribution is -2.47. The molecule has 1 aliphatic rings. The van der Waals surface area contributed by atoms with E-state index in [1.807, 2.05) is 18.2 Å². The van der Waals surface area contributed by atoms with Gasteiger partial charge in [-0.1, -0.05) is 12.1 Å². The van der Waals surface area contributed by atoms with E-state index in [1.54, 1.807) is 12.3 Å². The zero-order valence-corrected chi connectivity index (χ0v) is 13.7. The molecule has 3 rings (SSSR count). The van der Waals surface area contributed by atoms with Crippen LogP contribution in [0.15, 0.2) is 42.6 Å². The van der Waals surface area contributed by atoms with Crippen LogP contribution in [0.5, 0.6) is 5.75 Å². The Balaban J connectivity index is 1.59. The largest absolute Gasteiger partial charge is 0.507 e. The summed E-state index contributed by atoms with van der Waals surface area (Å²) in [7, 11) is 0. The molecule has 0 bridgehead atoms. The molecule has 1 aliphatic heterocycles. The lowest BCUT2D eigenvalue weighted by atomic mass is 10.0. The van der Waals surface area contributed by atoms with Crippen molar-refractivity contribution in [3.8, 4) is 5.75 Å². The summed E-state index contributed by atoms with van der Waals surface area (Å²) in [5, 5.41) is 29.0. The van der Waals surface area contributed by atoms with Gasteiger partial charge in [-0.15, -0.1) is 0 Å². The van der Waals surface area contributed by atoms with Crippen molar-refractivity contribution in [2.75, 3.05) is 37.6 Å². The number of carbonyl (C=O) groups is 1. The van der Waals surface area contributed by atoms with Crippen molar-refractivity contribution in [2.45, 2.75) is 6.10 Å². The van der Waals surface area contributed by atoms with Crippen LogP contribution in [0.2, 0.25) is 0 Å². The SMILES string of the molecule is O=C(O)c1cc(C(O)CN2CCN(c3ccccn3)CC2)ccc1O. The van der Waals surface area contributed by atoms with Crippen LogP contribution in [0.1, 0.15) is 22.0 Å². The zero-order chi connectivity index (χ0) is 17.8. The van der Waals surface area contributed by atoms with Crippen molar-refractivity contribution >= 4 is 11.8 Å². The van der Waals surface area contributed by atoms with Gasteiger partial charge in [0, 0.05) is 38.9 Å². The third kappa shape index (κ3) is 4.07. The molecule has 0 amide bonds. The molecule has 25 heavy (non-hydrogen) atoms. The second-order valence-electron chi connectivity index (χ2n) is 6.07. The summed E-state index contributed by atoms with van der Waals surface area (Å²) in [6, 6.07) is 10.0. The standard InChI is InChI=1S/C18H21N3O4/c22-15-5-4-13(11-14(15)18(24)25)16(23)12-20-7-9-21(10-8-20)17-3-1-2-6-19-17/h1-6,11,16,22-23H,7-10,12H2,(H,24,25). The Bertz CT molecular complexity index is 730. The van der Waals surface area contributed by atoms with Gasteiger partial charge in [0.05, 0.1) is 6.10 Å². The number of rotatable bonds is 5. The first-order valence-corrected chi connectivity index (χ1v) is 8.17. The Kier molecular flexibility index (Phi) is 5.16. The molecule has 0 saturated carbocycles. The van der Waals surface area contributed by atoms with E-state index in [4.69, 9.17) is 5.11 Å². The van der Waals surface area contributed by atoms with Crippen molar-refractivity contribution < 1.29 is 20.1 Å². The summed E-state index contributed by atoms with van der Waals surface area (Å²) >= 11 is 0. The number of benzene rings is 1. The van der Waals surface area contributed by atoms with Gasteiger partial charge >= 0.3 is 5.97 Å². The van der Waals surface area contributed by atoms with Gasteiger partial charge < -0.3 is 20.2 Å². The van der Waals surface area contributed by atoms with E-state index in [1.165, 1.54) is 12.1 Å². The average molecular weight is 343 g/mol. The number of carboxylic acid groups (broad SMARTS) is 1. The molecule has 1 fully saturated rings. The van der Waals surface area contributed by atoms with Crippen molar-refractivity contribution in [3.05, 3.63) is 53.7 Å². The maximum atomic E-state index is 11.1. The molecular weight excluding hydrogens is 322 g/mol. The number of phenols is 1. The van der Waals surface area contributed by atoms with Crippen molar-refractivity contribution in [2.24, 2.45) is 0 Å². The fourth-order valence-electron chi connectivity index (χ4n) is 2.98. The highest BCUT2D eigenvalue weighted by Crippen LogP contribution is 2.23. The molecule has 2 heterocycles. The van der Waals surface area contributed by atoms with E-state index in [0.29, 0.717) is 12.1 Å². The third-order valence-electron chi connectivity index (χ3n) is 4.41. The second-order valence-corrected chi connectivity index (χ2v) is 6.07. The van der Waals surface area contributed by atoms with E-state index < -0.39 is 12.1 Å². The summed E-state index contributed by atoms with van der Waals surface area (Å²) in [5.74, 6) is -0.560. The Morgan fingerprint density at radius 3 is 2.56 bits per heavy atom. The van der Waals surface area contributed by atoms with Crippen molar-refractivity contribution in [3.63, 3.8) is 0 Å². The first-order chi connectivity index (χ1) is 12.0. The number of anilines is 1. The maximum absolute atomic E-state index is 11.1. The van der Waals surface area contributed by atoms with Crippen LogP contribution in [0, 0.1) is 0 Å². The Hall–Kier alpha value is -2.64. The molecule has 7 nitrogen and oxygen atoms in total. The quantitative estimate of drug-likeness (QED) is 0.754. The minimum Gasteiger partial charge on any atom is -0.507 e. The van der Waals surface area contributed by atoms with Crippen LogP contribution in [0.25, 0.3) is 0 Å². The predicted molar refractivity (Wildman–Crippen MR) is 92.9 cm³/mol. The van der Waals surface area contributed by atoms with E-state index in [2.05, 4.69) is 14.8 Å². The van der Waals surface area contributed by atoms with Gasteiger partial charge in [0.15, 0.2) is 0 Å². The van der Waals surface area contributed by atoms with E-state index in [-0.39, 0.29) is 11.3 Å². The molecule has 3 N–H and O–H groups in total. The highest BCUT2D eigenvalue weighted by molar-refractivity contribution is 5.90. The van der Waals surface area contributed by atoms with Crippen LogP contribution in [0.3, 0.4) is 0 Å². The predicted octanol–water partition coefficient (Wildman–Crippen LogP) is 1.34. The van der Waals surface area contributed by atoms with Crippen LogP contribution in [-0.2, 0) is 0 Å². The number of hydrogen-bond donors (Lipinski definition) is 3. The number of piperazine rings is 1. The number of aromatic nitrogens is 1.